The molecular formula is C10H13N5O. The van der Waals surface area contributed by atoms with Gasteiger partial charge in [0.2, 0.25) is 0 Å². The highest BCUT2D eigenvalue weighted by Crippen LogP contribution is 2.08. The largest absolute Gasteiger partial charge is 0.338 e. The molecule has 0 aromatic carbocycles. The minimum Gasteiger partial charge on any atom is -0.338 e. The van der Waals surface area contributed by atoms with Gasteiger partial charge in [-0.05, 0) is 13.8 Å². The molecule has 0 fully saturated rings. The maximum absolute atomic E-state index is 11.3. The molecule has 2 rings (SSSR count). The summed E-state index contributed by atoms with van der Waals surface area (Å²) in [6, 6.07) is 1.63. The number of hydrogen-bond acceptors (Lipinski definition) is 3. The van der Waals surface area contributed by atoms with Crippen LogP contribution in [0.1, 0.15) is 12.6 Å². The molecule has 0 atom stereocenters. The second-order valence-corrected chi connectivity index (χ2v) is 3.42. The van der Waals surface area contributed by atoms with E-state index in [0.29, 0.717) is 12.2 Å². The number of hydrogen-bond donors (Lipinski definition) is 2. The van der Waals surface area contributed by atoms with Crippen molar-refractivity contribution in [1.29, 1.82) is 0 Å². The van der Waals surface area contributed by atoms with E-state index in [2.05, 4.69) is 20.7 Å². The van der Waals surface area contributed by atoms with Gasteiger partial charge in [-0.2, -0.15) is 5.10 Å². The fourth-order valence-corrected chi connectivity index (χ4v) is 1.40. The quantitative estimate of drug-likeness (QED) is 0.796. The van der Waals surface area contributed by atoms with Crippen LogP contribution in [0.25, 0.3) is 5.65 Å². The first-order chi connectivity index (χ1) is 7.69. The molecule has 0 saturated heterocycles. The number of urea groups is 1. The first-order valence-corrected chi connectivity index (χ1v) is 5.06. The lowest BCUT2D eigenvalue weighted by Gasteiger charge is -2.05. The molecule has 0 aliphatic rings. The van der Waals surface area contributed by atoms with E-state index in [1.807, 2.05) is 19.9 Å². The van der Waals surface area contributed by atoms with E-state index in [9.17, 15) is 4.79 Å². The van der Waals surface area contributed by atoms with Crippen LogP contribution in [0.2, 0.25) is 0 Å². The van der Waals surface area contributed by atoms with E-state index in [0.717, 1.165) is 11.3 Å². The van der Waals surface area contributed by atoms with Gasteiger partial charge >= 0.3 is 6.03 Å². The number of carbonyl (C=O) groups is 1. The summed E-state index contributed by atoms with van der Waals surface area (Å²) in [7, 11) is 0. The van der Waals surface area contributed by atoms with Gasteiger partial charge in [0.25, 0.3) is 0 Å². The van der Waals surface area contributed by atoms with Gasteiger partial charge in [0.15, 0.2) is 5.65 Å². The predicted octanol–water partition coefficient (Wildman–Crippen LogP) is 1.18. The van der Waals surface area contributed by atoms with E-state index < -0.39 is 0 Å². The highest BCUT2D eigenvalue weighted by atomic mass is 16.2. The van der Waals surface area contributed by atoms with Crippen molar-refractivity contribution in [3.63, 3.8) is 0 Å². The zero-order valence-corrected chi connectivity index (χ0v) is 9.19. The molecule has 84 valence electrons. The zero-order chi connectivity index (χ0) is 11.5. The number of aromatic nitrogens is 3. The summed E-state index contributed by atoms with van der Waals surface area (Å²) in [5, 5.41) is 9.52. The Morgan fingerprint density at radius 3 is 3.12 bits per heavy atom. The SMILES string of the molecule is CCNC(=O)Nc1cnc2cc(C)nn2c1. The molecule has 2 amide bonds. The van der Waals surface area contributed by atoms with Crippen molar-refractivity contribution in [2.75, 3.05) is 11.9 Å². The van der Waals surface area contributed by atoms with Crippen molar-refractivity contribution in [1.82, 2.24) is 19.9 Å². The van der Waals surface area contributed by atoms with Gasteiger partial charge in [-0.25, -0.2) is 14.3 Å². The van der Waals surface area contributed by atoms with Crippen molar-refractivity contribution >= 4 is 17.4 Å². The zero-order valence-electron chi connectivity index (χ0n) is 9.19. The molecule has 2 N–H and O–H groups in total. The Bertz CT molecular complexity index is 519. The topological polar surface area (TPSA) is 71.3 Å². The number of amides is 2. The smallest absolute Gasteiger partial charge is 0.319 e. The van der Waals surface area contributed by atoms with Crippen molar-refractivity contribution in [3.8, 4) is 0 Å². The van der Waals surface area contributed by atoms with Crippen molar-refractivity contribution in [2.45, 2.75) is 13.8 Å². The van der Waals surface area contributed by atoms with E-state index >= 15 is 0 Å². The number of nitrogens with zero attached hydrogens (tertiary/aromatic N) is 3. The molecule has 2 aromatic heterocycles. The highest BCUT2D eigenvalue weighted by molar-refractivity contribution is 5.88. The van der Waals surface area contributed by atoms with Crippen LogP contribution >= 0.6 is 0 Å². The van der Waals surface area contributed by atoms with Gasteiger partial charge in [-0.1, -0.05) is 0 Å². The summed E-state index contributed by atoms with van der Waals surface area (Å²) < 4.78 is 1.64. The molecule has 6 nitrogen and oxygen atoms in total. The fraction of sp³-hybridized carbons (Fsp3) is 0.300. The van der Waals surface area contributed by atoms with Gasteiger partial charge < -0.3 is 10.6 Å². The van der Waals surface area contributed by atoms with Crippen LogP contribution in [0.3, 0.4) is 0 Å². The second kappa shape index (κ2) is 4.18. The van der Waals surface area contributed by atoms with Crippen LogP contribution in [-0.2, 0) is 0 Å². The summed E-state index contributed by atoms with van der Waals surface area (Å²) in [5.41, 5.74) is 2.27. The minimum atomic E-state index is -0.243. The van der Waals surface area contributed by atoms with Gasteiger partial charge in [-0.15, -0.1) is 0 Å². The molecule has 0 aliphatic heterocycles. The molecule has 0 aliphatic carbocycles. The van der Waals surface area contributed by atoms with Crippen LogP contribution in [0.15, 0.2) is 18.5 Å². The van der Waals surface area contributed by atoms with E-state index in [1.165, 1.54) is 0 Å². The molecule has 2 aromatic rings. The van der Waals surface area contributed by atoms with Crippen LogP contribution < -0.4 is 10.6 Å². The Labute approximate surface area is 92.7 Å². The Morgan fingerprint density at radius 1 is 1.56 bits per heavy atom. The number of nitrogens with one attached hydrogen (secondary N) is 2. The van der Waals surface area contributed by atoms with Crippen molar-refractivity contribution in [3.05, 3.63) is 24.2 Å². The van der Waals surface area contributed by atoms with Gasteiger partial charge in [-0.3, -0.25) is 0 Å². The molecule has 6 heteroatoms. The Balaban J connectivity index is 2.22. The number of aryl methyl sites for hydroxylation is 1. The summed E-state index contributed by atoms with van der Waals surface area (Å²) in [6.07, 6.45) is 3.33. The van der Waals surface area contributed by atoms with Crippen molar-refractivity contribution in [2.24, 2.45) is 0 Å². The Hall–Kier alpha value is -2.11. The molecule has 0 spiro atoms. The first-order valence-electron chi connectivity index (χ1n) is 5.06. The standard InChI is InChI=1S/C10H13N5O/c1-3-11-10(16)13-8-5-12-9-4-7(2)14-15(9)6-8/h4-6H,3H2,1-2H3,(H2,11,13,16). The summed E-state index contributed by atoms with van der Waals surface area (Å²) in [4.78, 5) is 15.4. The molecular weight excluding hydrogens is 206 g/mol. The maximum Gasteiger partial charge on any atom is 0.319 e. The van der Waals surface area contributed by atoms with Crippen LogP contribution in [-0.4, -0.2) is 27.2 Å². The van der Waals surface area contributed by atoms with Gasteiger partial charge in [0.05, 0.1) is 23.8 Å². The second-order valence-electron chi connectivity index (χ2n) is 3.42. The van der Waals surface area contributed by atoms with Gasteiger partial charge in [0, 0.05) is 12.6 Å². The maximum atomic E-state index is 11.3. The van der Waals surface area contributed by atoms with Crippen LogP contribution in [0.4, 0.5) is 10.5 Å². The molecule has 16 heavy (non-hydrogen) atoms. The monoisotopic (exact) mass is 219 g/mol. The predicted molar refractivity (Wildman–Crippen MR) is 60.4 cm³/mol. The fourth-order valence-electron chi connectivity index (χ4n) is 1.40. The third-order valence-corrected chi connectivity index (χ3v) is 2.03. The third-order valence-electron chi connectivity index (χ3n) is 2.03. The average molecular weight is 219 g/mol. The van der Waals surface area contributed by atoms with Crippen LogP contribution in [0, 0.1) is 6.92 Å². The van der Waals surface area contributed by atoms with Crippen LogP contribution in [0.5, 0.6) is 0 Å². The number of fused-ring (bicyclic) bond motifs is 1. The molecule has 2 heterocycles. The minimum absolute atomic E-state index is 0.243. The summed E-state index contributed by atoms with van der Waals surface area (Å²) in [6.45, 7) is 4.34. The Kier molecular flexibility index (Phi) is 2.72. The van der Waals surface area contributed by atoms with Crippen molar-refractivity contribution < 1.29 is 4.79 Å². The van der Waals surface area contributed by atoms with E-state index in [-0.39, 0.29) is 6.03 Å². The first kappa shape index (κ1) is 10.4. The molecule has 0 radical (unpaired) electrons. The molecule has 0 unspecified atom stereocenters. The molecule has 0 bridgehead atoms. The summed E-state index contributed by atoms with van der Waals surface area (Å²) >= 11 is 0. The average Bonchev–Trinajstić information content (AvgIpc) is 2.57. The van der Waals surface area contributed by atoms with Gasteiger partial charge in [0.1, 0.15) is 0 Å². The highest BCUT2D eigenvalue weighted by Gasteiger charge is 2.03. The number of carbonyl (C=O) groups excluding carboxylic acids is 1. The number of anilines is 1. The third kappa shape index (κ3) is 2.10. The Morgan fingerprint density at radius 2 is 2.38 bits per heavy atom. The lowest BCUT2D eigenvalue weighted by atomic mass is 10.5. The lowest BCUT2D eigenvalue weighted by molar-refractivity contribution is 0.252. The molecule has 0 saturated carbocycles. The number of rotatable bonds is 2. The summed E-state index contributed by atoms with van der Waals surface area (Å²) in [5.74, 6) is 0. The normalized spacial score (nSPS) is 10.4. The lowest BCUT2D eigenvalue weighted by Crippen LogP contribution is -2.28. The van der Waals surface area contributed by atoms with E-state index in [4.69, 9.17) is 0 Å². The van der Waals surface area contributed by atoms with E-state index in [1.54, 1.807) is 16.9 Å².